The molecule has 282 valence electrons. The van der Waals surface area contributed by atoms with Crippen LogP contribution >= 0.6 is 0 Å². The summed E-state index contributed by atoms with van der Waals surface area (Å²) in [4.78, 5) is 60.3. The molecule has 1 aromatic heterocycles. The number of allylic oxidation sites excluding steroid dienone is 1. The Balaban J connectivity index is 1.35. The number of carbonyl (C=O) groups is 4. The fraction of sp³-hybridized carbons (Fsp3) is 0.583. The normalized spacial score (nSPS) is 30.2. The zero-order valence-corrected chi connectivity index (χ0v) is 30.3. The van der Waals surface area contributed by atoms with Gasteiger partial charge < -0.3 is 30.1 Å². The van der Waals surface area contributed by atoms with Crippen LogP contribution in [0, 0.1) is 17.8 Å². The average Bonchev–Trinajstić information content (AvgIpc) is 4.00. The summed E-state index contributed by atoms with van der Waals surface area (Å²) in [5.41, 5.74) is -1.66. The van der Waals surface area contributed by atoms with E-state index in [1.54, 1.807) is 19.1 Å². The maximum absolute atomic E-state index is 14.4. The summed E-state index contributed by atoms with van der Waals surface area (Å²) in [5, 5.41) is 16.4. The molecule has 4 aliphatic rings. The predicted molar refractivity (Wildman–Crippen MR) is 188 cm³/mol. The van der Waals surface area contributed by atoms with Gasteiger partial charge in [0.05, 0.1) is 13.2 Å². The number of carboxylic acid groups (broad SMARTS) is 1. The second-order valence-electron chi connectivity index (χ2n) is 14.7. The van der Waals surface area contributed by atoms with Gasteiger partial charge in [0, 0.05) is 23.8 Å². The first-order valence-corrected chi connectivity index (χ1v) is 19.3. The number of sulfonamides is 1. The fourth-order valence-electron chi connectivity index (χ4n) is 7.50. The van der Waals surface area contributed by atoms with Crippen molar-refractivity contribution in [3.63, 3.8) is 0 Å². The Morgan fingerprint density at radius 3 is 2.62 bits per heavy atom. The van der Waals surface area contributed by atoms with Crippen molar-refractivity contribution in [3.05, 3.63) is 42.5 Å². The Labute approximate surface area is 301 Å². The minimum Gasteiger partial charge on any atom is -0.478 e. The third kappa shape index (κ3) is 7.39. The number of halogens is 1. The molecule has 3 fully saturated rings. The second-order valence-corrected chi connectivity index (χ2v) is 16.8. The number of amides is 4. The van der Waals surface area contributed by atoms with Gasteiger partial charge in [0.15, 0.2) is 0 Å². The van der Waals surface area contributed by atoms with Crippen LogP contribution < -0.4 is 24.8 Å². The molecule has 0 unspecified atom stereocenters. The molecule has 7 atom stereocenters. The van der Waals surface area contributed by atoms with E-state index in [2.05, 4.69) is 20.3 Å². The highest BCUT2D eigenvalue weighted by molar-refractivity contribution is 7.91. The van der Waals surface area contributed by atoms with Gasteiger partial charge in [-0.1, -0.05) is 44.2 Å². The molecule has 0 bridgehead atoms. The number of carbonyl (C=O) groups excluding carboxylic acids is 3. The van der Waals surface area contributed by atoms with E-state index < -0.39 is 80.8 Å². The molecule has 3 heterocycles. The molecular formula is C36H46FN5O9S. The third-order valence-corrected chi connectivity index (χ3v) is 12.9. The zero-order valence-electron chi connectivity index (χ0n) is 29.5. The van der Waals surface area contributed by atoms with Crippen molar-refractivity contribution in [2.24, 2.45) is 17.8 Å². The lowest BCUT2D eigenvalue weighted by Gasteiger charge is -2.32. The maximum Gasteiger partial charge on any atom is 0.405 e. The Kier molecular flexibility index (Phi) is 10.4. The van der Waals surface area contributed by atoms with Crippen LogP contribution in [0.1, 0.15) is 65.7 Å². The number of ether oxygens (including phenoxy) is 2. The van der Waals surface area contributed by atoms with E-state index in [9.17, 15) is 37.1 Å². The minimum atomic E-state index is -4.39. The largest absolute Gasteiger partial charge is 0.478 e. The first kappa shape index (κ1) is 37.3. The number of hydrogen-bond acceptors (Lipinski definition) is 9. The smallest absolute Gasteiger partial charge is 0.405 e. The Bertz CT molecular complexity index is 1870. The van der Waals surface area contributed by atoms with Gasteiger partial charge >= 0.3 is 6.09 Å². The molecular weight excluding hydrogens is 697 g/mol. The van der Waals surface area contributed by atoms with E-state index >= 15 is 0 Å². The lowest BCUT2D eigenvalue weighted by molar-refractivity contribution is -0.142. The van der Waals surface area contributed by atoms with Crippen LogP contribution in [0.15, 0.2) is 42.5 Å². The van der Waals surface area contributed by atoms with Gasteiger partial charge in [-0.15, -0.1) is 0 Å². The number of fused-ring (bicyclic) bond motifs is 3. The topological polar surface area (TPSA) is 193 Å². The van der Waals surface area contributed by atoms with Crippen molar-refractivity contribution < 1.29 is 46.6 Å². The molecule has 6 rings (SSSR count). The molecule has 2 aromatic rings. The summed E-state index contributed by atoms with van der Waals surface area (Å²) >= 11 is 0. The molecule has 2 aliphatic carbocycles. The molecule has 0 spiro atoms. The second kappa shape index (κ2) is 14.5. The lowest BCUT2D eigenvalue weighted by Crippen LogP contribution is -2.59. The van der Waals surface area contributed by atoms with Crippen molar-refractivity contribution in [2.45, 2.75) is 94.2 Å². The van der Waals surface area contributed by atoms with Crippen molar-refractivity contribution in [1.82, 2.24) is 25.2 Å². The number of alkyl halides is 1. The number of nitrogens with zero attached hydrogens (tertiary/aromatic N) is 2. The standard InChI is InChI=1S/C36H46FN5O9S/c1-4-50-28-16-23-10-6-8-12-26(23)31(38-28)51-25-17-27-30(43)40-36(33(45)41-52(48,49)35(20-37)13-14-35)18-24(36)11-7-5-9-21(2)15-22(3)29(39-34(46)47)32(44)42(27)19-25/h6-8,10-12,16,21-22,24-25,27,29,39H,4-5,9,13-15,17-20H2,1-3H3,(H,40,43)(H,41,45)(H,46,47)/t21-,22-,24-,25-,27+,29+,36-/m1/s1. The van der Waals surface area contributed by atoms with Crippen LogP contribution in [0.2, 0.25) is 0 Å². The molecule has 4 N–H and O–H groups in total. The molecule has 2 saturated carbocycles. The Morgan fingerprint density at radius 1 is 1.17 bits per heavy atom. The molecule has 1 saturated heterocycles. The van der Waals surface area contributed by atoms with E-state index in [1.807, 2.05) is 44.2 Å². The molecule has 14 nitrogen and oxygen atoms in total. The van der Waals surface area contributed by atoms with Crippen molar-refractivity contribution in [2.75, 3.05) is 19.8 Å². The van der Waals surface area contributed by atoms with Crippen molar-refractivity contribution in [1.29, 1.82) is 0 Å². The van der Waals surface area contributed by atoms with Gasteiger partial charge in [-0.2, -0.15) is 4.98 Å². The number of nitrogens with one attached hydrogen (secondary N) is 3. The Hall–Kier alpha value is -4.47. The third-order valence-electron chi connectivity index (χ3n) is 10.8. The van der Waals surface area contributed by atoms with Crippen LogP contribution in [0.3, 0.4) is 0 Å². The molecule has 4 amide bonds. The van der Waals surface area contributed by atoms with Crippen LogP contribution in [0.4, 0.5) is 9.18 Å². The number of benzene rings is 1. The first-order chi connectivity index (χ1) is 24.7. The average molecular weight is 744 g/mol. The number of hydrogen-bond donors (Lipinski definition) is 4. The lowest BCUT2D eigenvalue weighted by atomic mass is 9.88. The van der Waals surface area contributed by atoms with E-state index in [0.717, 1.165) is 5.39 Å². The summed E-state index contributed by atoms with van der Waals surface area (Å²) in [6.07, 6.45) is 3.50. The van der Waals surface area contributed by atoms with E-state index in [-0.39, 0.29) is 44.0 Å². The Morgan fingerprint density at radius 2 is 1.92 bits per heavy atom. The van der Waals surface area contributed by atoms with Crippen LogP contribution in [0.5, 0.6) is 11.8 Å². The van der Waals surface area contributed by atoms with Gasteiger partial charge in [0.2, 0.25) is 33.6 Å². The highest BCUT2D eigenvalue weighted by atomic mass is 32.2. The van der Waals surface area contributed by atoms with Gasteiger partial charge in [-0.05, 0) is 68.7 Å². The van der Waals surface area contributed by atoms with E-state index in [0.29, 0.717) is 37.1 Å². The van der Waals surface area contributed by atoms with Crippen molar-refractivity contribution >= 4 is 44.6 Å². The summed E-state index contributed by atoms with van der Waals surface area (Å²) in [6.45, 7) is 4.72. The number of aromatic nitrogens is 1. The van der Waals surface area contributed by atoms with Crippen molar-refractivity contribution in [3.8, 4) is 11.8 Å². The van der Waals surface area contributed by atoms with Gasteiger partial charge in [0.25, 0.3) is 5.91 Å². The fourth-order valence-corrected chi connectivity index (χ4v) is 8.92. The van der Waals surface area contributed by atoms with E-state index in [1.165, 1.54) is 4.90 Å². The van der Waals surface area contributed by atoms with E-state index in [4.69, 9.17) is 9.47 Å². The predicted octanol–water partition coefficient (Wildman–Crippen LogP) is 3.45. The summed E-state index contributed by atoms with van der Waals surface area (Å²) in [5.74, 6) is -2.70. The number of pyridine rings is 1. The maximum atomic E-state index is 14.4. The van der Waals surface area contributed by atoms with Gasteiger partial charge in [-0.3, -0.25) is 19.1 Å². The molecule has 2 aliphatic heterocycles. The quantitative estimate of drug-likeness (QED) is 0.277. The molecule has 52 heavy (non-hydrogen) atoms. The zero-order chi connectivity index (χ0) is 37.4. The molecule has 16 heteroatoms. The highest BCUT2D eigenvalue weighted by Crippen LogP contribution is 2.48. The summed E-state index contributed by atoms with van der Waals surface area (Å²) in [6, 6.07) is 6.73. The highest BCUT2D eigenvalue weighted by Gasteiger charge is 2.64. The van der Waals surface area contributed by atoms with Gasteiger partial charge in [0.1, 0.15) is 35.1 Å². The van der Waals surface area contributed by atoms with Crippen LogP contribution in [-0.2, 0) is 24.4 Å². The minimum absolute atomic E-state index is 0.0432. The SMILES string of the molecule is CCOc1cc2ccccc2c(O[C@@H]2C[C@H]3C(=O)N[C@]4(C(=O)NS(=O)(=O)C5(CF)CC5)C[C@H]4C=CCC[C@@H](C)C[C@@H](C)[C@H](NC(=O)O)C(=O)N3C2)n1. The van der Waals surface area contributed by atoms with Crippen LogP contribution in [-0.4, -0.2) is 95.5 Å². The molecule has 0 radical (unpaired) electrons. The summed E-state index contributed by atoms with van der Waals surface area (Å²) in [7, 11) is -4.39. The summed E-state index contributed by atoms with van der Waals surface area (Å²) < 4.78 is 52.4. The van der Waals surface area contributed by atoms with Crippen LogP contribution in [0.25, 0.3) is 10.8 Å². The van der Waals surface area contributed by atoms with Gasteiger partial charge in [-0.25, -0.2) is 17.6 Å². The monoisotopic (exact) mass is 743 g/mol. The molecule has 1 aromatic carbocycles. The first-order valence-electron chi connectivity index (χ1n) is 17.8. The number of rotatable bonds is 9.